The molecule has 0 aromatic rings. The van der Waals surface area contributed by atoms with Gasteiger partial charge in [-0.05, 0) is 346 Å². The molecule has 20 aliphatic carbocycles. The highest BCUT2D eigenvalue weighted by molar-refractivity contribution is 5.89. The van der Waals surface area contributed by atoms with E-state index in [1.807, 2.05) is 13.8 Å². The Morgan fingerprint density at radius 3 is 1.33 bits per heavy atom. The van der Waals surface area contributed by atoms with Gasteiger partial charge in [0.25, 0.3) is 0 Å². The molecule has 35 unspecified atom stereocenters. The zero-order valence-electron chi connectivity index (χ0n) is 70.8. The molecular formula is C98H138O14. The third-order valence-corrected chi connectivity index (χ3v) is 35.6. The third kappa shape index (κ3) is 13.3. The summed E-state index contributed by atoms with van der Waals surface area (Å²) in [5.74, 6) is 21.0. The molecule has 0 amide bonds. The summed E-state index contributed by atoms with van der Waals surface area (Å²) in [7, 11) is 3.41. The number of allylic oxidation sites excluding steroid dienone is 4. The van der Waals surface area contributed by atoms with E-state index >= 15 is 0 Å². The van der Waals surface area contributed by atoms with Crippen LogP contribution in [0.25, 0.3) is 0 Å². The monoisotopic (exact) mass is 1540 g/mol. The van der Waals surface area contributed by atoms with Crippen LogP contribution in [0.2, 0.25) is 0 Å². The Morgan fingerprint density at radius 1 is 0.357 bits per heavy atom. The molecule has 17 fully saturated rings. The van der Waals surface area contributed by atoms with Gasteiger partial charge in [0.1, 0.15) is 33.6 Å². The number of carbonyl (C=O) groups is 6. The van der Waals surface area contributed by atoms with E-state index in [1.54, 1.807) is 55.8 Å². The molecule has 14 heteroatoms. The molecule has 35 atom stereocenters. The van der Waals surface area contributed by atoms with Crippen molar-refractivity contribution in [2.45, 2.75) is 264 Å². The summed E-state index contributed by atoms with van der Waals surface area (Å²) < 4.78 is 45.7. The molecule has 0 heterocycles. The molecule has 14 nitrogen and oxygen atoms in total. The molecule has 18 bridgehead atoms. The maximum Gasteiger partial charge on any atom is 0.333 e. The van der Waals surface area contributed by atoms with Crippen LogP contribution in [-0.4, -0.2) is 96.9 Å². The molecule has 0 aromatic carbocycles. The van der Waals surface area contributed by atoms with Gasteiger partial charge < -0.3 is 37.9 Å². The van der Waals surface area contributed by atoms with Crippen LogP contribution in [0, 0.1) is 171 Å². The normalized spacial score (nSPS) is 47.8. The van der Waals surface area contributed by atoms with E-state index in [2.05, 4.69) is 104 Å². The molecular weight excluding hydrogens is 1400 g/mol. The minimum Gasteiger partial charge on any atom is -0.456 e. The van der Waals surface area contributed by atoms with E-state index in [9.17, 15) is 28.8 Å². The molecule has 0 aromatic heterocycles. The highest BCUT2D eigenvalue weighted by Gasteiger charge is 2.74. The van der Waals surface area contributed by atoms with Crippen LogP contribution in [0.15, 0.2) is 109 Å². The molecule has 614 valence electrons. The Hall–Kier alpha value is -5.60. The lowest BCUT2D eigenvalue weighted by Gasteiger charge is -2.52. The zero-order valence-corrected chi connectivity index (χ0v) is 70.8. The fourth-order valence-electron chi connectivity index (χ4n) is 31.0. The maximum atomic E-state index is 12.2. The first-order chi connectivity index (χ1) is 53.1. The number of carbonyl (C=O) groups excluding carboxylic acids is 6. The van der Waals surface area contributed by atoms with Crippen LogP contribution in [-0.2, 0) is 66.7 Å². The van der Waals surface area contributed by atoms with E-state index < -0.39 is 11.2 Å². The van der Waals surface area contributed by atoms with Crippen molar-refractivity contribution in [3.05, 3.63) is 109 Å². The molecule has 0 radical (unpaired) electrons. The number of hydrogen-bond donors (Lipinski definition) is 0. The van der Waals surface area contributed by atoms with Crippen molar-refractivity contribution >= 4 is 35.8 Å². The number of rotatable bonds is 19. The summed E-state index contributed by atoms with van der Waals surface area (Å²) in [5, 5.41) is 0. The summed E-state index contributed by atoms with van der Waals surface area (Å²) in [6.45, 7) is 46.7. The molecule has 0 aliphatic heterocycles. The summed E-state index contributed by atoms with van der Waals surface area (Å²) in [6.07, 6.45) is 42.0. The first-order valence-corrected chi connectivity index (χ1v) is 44.4. The molecule has 0 N–H and O–H groups in total. The van der Waals surface area contributed by atoms with Crippen LogP contribution < -0.4 is 0 Å². The molecule has 20 rings (SSSR count). The maximum absolute atomic E-state index is 12.2. The first kappa shape index (κ1) is 81.5. The summed E-state index contributed by atoms with van der Waals surface area (Å²) in [5.41, 5.74) is 1.35. The third-order valence-electron chi connectivity index (χ3n) is 35.6. The van der Waals surface area contributed by atoms with Gasteiger partial charge in [-0.25, -0.2) is 28.8 Å². The number of hydrogen-bond acceptors (Lipinski definition) is 14. The zero-order chi connectivity index (χ0) is 80.2. The van der Waals surface area contributed by atoms with E-state index in [4.69, 9.17) is 37.9 Å². The summed E-state index contributed by atoms with van der Waals surface area (Å²) in [6, 6.07) is 0. The van der Waals surface area contributed by atoms with Gasteiger partial charge in [0.05, 0.1) is 18.6 Å². The van der Waals surface area contributed by atoms with Gasteiger partial charge in [-0.2, -0.15) is 0 Å². The number of methoxy groups -OCH3 is 2. The van der Waals surface area contributed by atoms with Gasteiger partial charge in [-0.1, -0.05) is 96.7 Å². The fourth-order valence-corrected chi connectivity index (χ4v) is 31.0. The predicted octanol–water partition coefficient (Wildman–Crippen LogP) is 19.6. The molecule has 0 spiro atoms. The van der Waals surface area contributed by atoms with Gasteiger partial charge in [0, 0.05) is 77.2 Å². The predicted molar refractivity (Wildman–Crippen MR) is 433 cm³/mol. The Bertz CT molecular complexity index is 3910. The smallest absolute Gasteiger partial charge is 0.333 e. The van der Waals surface area contributed by atoms with Crippen molar-refractivity contribution in [2.75, 3.05) is 27.4 Å². The van der Waals surface area contributed by atoms with Crippen molar-refractivity contribution in [1.29, 1.82) is 0 Å². The Labute approximate surface area is 671 Å². The van der Waals surface area contributed by atoms with Crippen molar-refractivity contribution in [2.24, 2.45) is 171 Å². The van der Waals surface area contributed by atoms with Gasteiger partial charge in [-0.3, -0.25) is 0 Å². The first-order valence-electron chi connectivity index (χ1n) is 44.4. The number of esters is 6. The highest BCUT2D eigenvalue weighted by Crippen LogP contribution is 2.77. The summed E-state index contributed by atoms with van der Waals surface area (Å²) in [4.78, 5) is 71.4. The van der Waals surface area contributed by atoms with Crippen LogP contribution in [0.5, 0.6) is 0 Å². The SMILES string of the molecule is C=C(C)C(=O)OC1(C)CC2C=CC1(COC)C2.C=C(C)C(=O)OC1(C)CC2C=CC1C2COC.C=C(C)C(=O)OC1(C)CC2CC1C1C3C=CC(C3)C21.C=C(C)C(=O)OC1(CC)CC2CC1C1C3CC(C4CCC43)C21.C=C(C)C(=O)OC1(CC)CC2CC1C1C3CCC(C3)C21.C=C(C)C(=O)OC1(CC)CC2CC1C1CCC21. The standard InChI is InChI=1S/C20H28O2.C18H26O2.C17H22O2.C15H22O2.2C14H20O3/c1-4-20(22-19(21)10(2)3)9-11-7-16(20)18-15-8-14(17(11)18)12-5-6-13(12)15;1-4-18(20-17(19)10(2)3)9-13-8-14(18)16-12-6-5-11(7-12)15(13)16;1-9(2)16(18)19-17(3)8-12-7-13(17)15-11-5-4-10(6-11)14(12)15;1-4-15(17-14(16)9(2)3)8-10-7-13(15)12-6-5-11(10)12;1-10(2)12(15)17-13(3)7-11-5-6-14(13,8-11)9-16-4;1-9(2)13(15)17-14(3)7-10-5-6-12(14)11(10)8-16-4/h11-18H,2,4-9H2,1,3H3;11-16H,2,4-9H2,1,3H3;4-5,10-15H,1,6-8H2,2-3H3;10-13H,2,4-8H2,1,3H3;5-6,11H,1,7-9H2,2-4H3;5-6,10-12H,1,7-8H2,2-4H3. The lowest BCUT2D eigenvalue weighted by atomic mass is 9.54. The average molecular weight is 1540 g/mol. The van der Waals surface area contributed by atoms with E-state index in [1.165, 1.54) is 83.5 Å². The van der Waals surface area contributed by atoms with Crippen LogP contribution in [0.1, 0.15) is 231 Å². The molecule has 0 saturated heterocycles. The topological polar surface area (TPSA) is 176 Å². The molecule has 17 saturated carbocycles. The van der Waals surface area contributed by atoms with Gasteiger partial charge in [-0.15, -0.1) is 0 Å². The van der Waals surface area contributed by atoms with Crippen molar-refractivity contribution < 1.29 is 66.7 Å². The minimum atomic E-state index is -0.460. The Balaban J connectivity index is 0.000000107. The molecule has 20 aliphatic rings. The average Bonchev–Trinajstić information content (AvgIpc) is 1.52. The number of fused-ring (bicyclic) bond motifs is 39. The Kier molecular flexibility index (Phi) is 21.9. The van der Waals surface area contributed by atoms with E-state index in [0.29, 0.717) is 81.5 Å². The summed E-state index contributed by atoms with van der Waals surface area (Å²) >= 11 is 0. The van der Waals surface area contributed by atoms with Crippen LogP contribution in [0.3, 0.4) is 0 Å². The Morgan fingerprint density at radius 2 is 0.812 bits per heavy atom. The van der Waals surface area contributed by atoms with Gasteiger partial charge >= 0.3 is 35.8 Å². The van der Waals surface area contributed by atoms with Crippen LogP contribution in [0.4, 0.5) is 0 Å². The van der Waals surface area contributed by atoms with E-state index in [0.717, 1.165) is 189 Å². The highest BCUT2D eigenvalue weighted by atomic mass is 16.6. The second-order valence-electron chi connectivity index (χ2n) is 41.5. The molecule has 112 heavy (non-hydrogen) atoms. The van der Waals surface area contributed by atoms with Crippen molar-refractivity contribution in [1.82, 2.24) is 0 Å². The number of ether oxygens (including phenoxy) is 8. The van der Waals surface area contributed by atoms with Crippen molar-refractivity contribution in [3.8, 4) is 0 Å². The van der Waals surface area contributed by atoms with Crippen molar-refractivity contribution in [3.63, 3.8) is 0 Å². The lowest BCUT2D eigenvalue weighted by Crippen LogP contribution is -2.51. The van der Waals surface area contributed by atoms with E-state index in [-0.39, 0.29) is 69.6 Å². The van der Waals surface area contributed by atoms with Gasteiger partial charge in [0.2, 0.25) is 0 Å². The quantitative estimate of drug-likeness (QED) is 0.0392. The largest absolute Gasteiger partial charge is 0.456 e. The minimum absolute atomic E-state index is 0.151. The fraction of sp³-hybridized carbons (Fsp3) is 0.755. The second kappa shape index (κ2) is 30.1. The lowest BCUT2D eigenvalue weighted by molar-refractivity contribution is -0.171. The van der Waals surface area contributed by atoms with Crippen LogP contribution >= 0.6 is 0 Å². The van der Waals surface area contributed by atoms with Gasteiger partial charge in [0.15, 0.2) is 0 Å². The second-order valence-corrected chi connectivity index (χ2v) is 41.5.